The lowest BCUT2D eigenvalue weighted by Crippen LogP contribution is -2.26. The van der Waals surface area contributed by atoms with Gasteiger partial charge in [-0.25, -0.2) is 0 Å². The molecule has 0 saturated heterocycles. The quantitative estimate of drug-likeness (QED) is 0.137. The van der Waals surface area contributed by atoms with E-state index in [1.165, 1.54) is 26.2 Å². The molecule has 0 aliphatic heterocycles. The Morgan fingerprint density at radius 1 is 0.484 bits per heavy atom. The van der Waals surface area contributed by atoms with E-state index in [2.05, 4.69) is 58.4 Å². The Kier molecular flexibility index (Phi) is 164. The topological polar surface area (TPSA) is 146 Å². The normalized spacial score (nSPS) is 9.12. The van der Waals surface area contributed by atoms with Crippen LogP contribution in [0.4, 0.5) is 0 Å². The van der Waals surface area contributed by atoms with E-state index >= 15 is 0 Å². The molecule has 1 rings (SSSR count). The van der Waals surface area contributed by atoms with Crippen LogP contribution in [0.25, 0.3) is 0 Å². The van der Waals surface area contributed by atoms with Gasteiger partial charge < -0.3 is 29.2 Å². The highest BCUT2D eigenvalue weighted by atomic mass is 16.5. The van der Waals surface area contributed by atoms with Crippen LogP contribution < -0.4 is 0 Å². The first-order chi connectivity index (χ1) is 22.4. The SMILES string of the molecule is C.C.C.C.C.C.C.C.C.C.C.C.C.C.C.C.CCC(C)(C)C(=O)OC.CCC(C)(C)C(=O)OCCO.CCC(C)C(=O)OC.CCC(C)C(=O)OCCO.CCC(C)c1ccccc1. The maximum absolute atomic E-state index is 11.1. The van der Waals surface area contributed by atoms with Crippen LogP contribution in [0.3, 0.4) is 0 Å². The lowest BCUT2D eigenvalue weighted by molar-refractivity contribution is -0.155. The summed E-state index contributed by atoms with van der Waals surface area (Å²) in [6, 6.07) is 10.6. The van der Waals surface area contributed by atoms with Gasteiger partial charge >= 0.3 is 23.9 Å². The third-order valence-corrected chi connectivity index (χ3v) is 7.93. The van der Waals surface area contributed by atoms with Crippen molar-refractivity contribution in [1.29, 1.82) is 0 Å². The van der Waals surface area contributed by atoms with Crippen molar-refractivity contribution in [2.45, 2.75) is 240 Å². The summed E-state index contributed by atoms with van der Waals surface area (Å²) in [7, 11) is 2.83. The van der Waals surface area contributed by atoms with E-state index in [-0.39, 0.29) is 186 Å². The van der Waals surface area contributed by atoms with E-state index in [1.807, 2.05) is 62.3 Å². The fourth-order valence-corrected chi connectivity index (χ4v) is 2.74. The molecule has 3 unspecified atom stereocenters. The van der Waals surface area contributed by atoms with Gasteiger partial charge in [0.25, 0.3) is 0 Å². The number of hydrogen-bond donors (Lipinski definition) is 2. The van der Waals surface area contributed by atoms with Gasteiger partial charge in [-0.3, -0.25) is 19.2 Å². The first-order valence-electron chi connectivity index (χ1n) is 17.1. The van der Waals surface area contributed by atoms with Crippen molar-refractivity contribution in [3.8, 4) is 0 Å². The summed E-state index contributed by atoms with van der Waals surface area (Å²) in [5.74, 6) is -0.00384. The number of carbonyl (C=O) groups is 4. The molecule has 0 aliphatic rings. The third kappa shape index (κ3) is 70.7. The van der Waals surface area contributed by atoms with E-state index in [1.54, 1.807) is 6.92 Å². The number of ether oxygens (including phenoxy) is 4. The molecule has 3 atom stereocenters. The maximum Gasteiger partial charge on any atom is 0.311 e. The summed E-state index contributed by atoms with van der Waals surface area (Å²) in [6.07, 6.45) is 4.43. The number of aliphatic hydroxyl groups excluding tert-OH is 2. The Hall–Kier alpha value is -2.98. The van der Waals surface area contributed by atoms with Crippen molar-refractivity contribution in [3.63, 3.8) is 0 Å². The zero-order chi connectivity index (χ0) is 38.3. The molecule has 0 aliphatic carbocycles. The molecule has 64 heavy (non-hydrogen) atoms. The van der Waals surface area contributed by atoms with E-state index in [9.17, 15) is 19.2 Å². The van der Waals surface area contributed by atoms with Gasteiger partial charge in [0.2, 0.25) is 0 Å². The summed E-state index contributed by atoms with van der Waals surface area (Å²) in [5.41, 5.74) is 0.717. The number of esters is 4. The number of hydrogen-bond acceptors (Lipinski definition) is 10. The van der Waals surface area contributed by atoms with Gasteiger partial charge in [0, 0.05) is 0 Å². The lowest BCUT2D eigenvalue weighted by atomic mass is 9.91. The highest BCUT2D eigenvalue weighted by Crippen LogP contribution is 2.21. The van der Waals surface area contributed by atoms with Crippen molar-refractivity contribution in [1.82, 2.24) is 0 Å². The van der Waals surface area contributed by atoms with Crippen LogP contribution in [0.5, 0.6) is 0 Å². The molecular weight excluding hydrogens is 809 g/mol. The van der Waals surface area contributed by atoms with Gasteiger partial charge in [0.05, 0.1) is 50.1 Å². The van der Waals surface area contributed by atoms with E-state index in [0.29, 0.717) is 5.92 Å². The summed E-state index contributed by atoms with van der Waals surface area (Å²) in [6.45, 7) is 23.3. The van der Waals surface area contributed by atoms with E-state index in [4.69, 9.17) is 14.9 Å². The van der Waals surface area contributed by atoms with Crippen molar-refractivity contribution in [2.75, 3.05) is 40.6 Å². The molecule has 2 N–H and O–H groups in total. The summed E-state index contributed by atoms with van der Waals surface area (Å²) in [5, 5.41) is 16.7. The van der Waals surface area contributed by atoms with E-state index in [0.717, 1.165) is 25.7 Å². The number of methoxy groups -OCH3 is 2. The molecule has 0 bridgehead atoms. The lowest BCUT2D eigenvalue weighted by Gasteiger charge is -2.19. The smallest absolute Gasteiger partial charge is 0.311 e. The molecule has 0 spiro atoms. The van der Waals surface area contributed by atoms with Crippen molar-refractivity contribution >= 4 is 23.9 Å². The number of rotatable bonds is 14. The summed E-state index contributed by atoms with van der Waals surface area (Å²) < 4.78 is 18.4. The molecule has 1 aromatic carbocycles. The summed E-state index contributed by atoms with van der Waals surface area (Å²) >= 11 is 0. The molecule has 0 fully saturated rings. The van der Waals surface area contributed by atoms with Crippen LogP contribution >= 0.6 is 0 Å². The third-order valence-electron chi connectivity index (χ3n) is 7.93. The summed E-state index contributed by atoms with van der Waals surface area (Å²) in [4.78, 5) is 43.3. The second-order valence-corrected chi connectivity index (χ2v) is 12.6. The van der Waals surface area contributed by atoms with Crippen molar-refractivity contribution in [3.05, 3.63) is 35.9 Å². The molecule has 0 heterocycles. The van der Waals surface area contributed by atoms with Crippen LogP contribution in [0.2, 0.25) is 0 Å². The van der Waals surface area contributed by atoms with Gasteiger partial charge in [0.15, 0.2) is 0 Å². The largest absolute Gasteiger partial charge is 0.469 e. The predicted octanol–water partition coefficient (Wildman–Crippen LogP) is 17.7. The predicted molar refractivity (Wildman–Crippen MR) is 300 cm³/mol. The van der Waals surface area contributed by atoms with Crippen molar-refractivity contribution < 1.29 is 48.3 Å². The van der Waals surface area contributed by atoms with Gasteiger partial charge in [-0.1, -0.05) is 205 Å². The zero-order valence-electron chi connectivity index (χ0n) is 32.6. The molecule has 0 aromatic heterocycles. The minimum absolute atomic E-state index is 0. The molecule has 10 nitrogen and oxygen atoms in total. The zero-order valence-corrected chi connectivity index (χ0v) is 32.6. The molecule has 10 heteroatoms. The molecule has 0 saturated carbocycles. The van der Waals surface area contributed by atoms with Crippen LogP contribution in [-0.4, -0.2) is 74.7 Å². The molecule has 0 amide bonds. The fourth-order valence-electron chi connectivity index (χ4n) is 2.74. The number of carbonyl (C=O) groups excluding carboxylic acids is 4. The molecule has 1 aromatic rings. The van der Waals surface area contributed by atoms with E-state index < -0.39 is 5.41 Å². The Balaban J connectivity index is -0.0000000198. The first kappa shape index (κ1) is 131. The molecule has 0 radical (unpaired) electrons. The standard InChI is InChI=1S/C10H14.C8H16O3.C7H14O3.C7H14O2.C6H12O2.16CH4/c1-3-9(2)10-7-5-4-6-8-10;1-4-8(2,3)7(10)11-6-5-9;1-3-6(2)7(9)10-5-4-8;1-5-7(2,3)6(8)9-4;1-4-5(2)6(7)8-3;;;;;;;;;;;;;;;;/h4-9H,3H2,1-2H3;9H,4-6H2,1-3H3;6,8H,3-5H2,1-2H3;5H2,1-4H3;5H,4H2,1-3H3;16*1H4. The van der Waals surface area contributed by atoms with Crippen molar-refractivity contribution in [2.24, 2.45) is 22.7 Å². The van der Waals surface area contributed by atoms with Crippen LogP contribution in [0, 0.1) is 22.7 Å². The average molecular weight is 944 g/mol. The fraction of sp³-hybridized carbons (Fsp3) is 0.815. The Morgan fingerprint density at radius 3 is 1.03 bits per heavy atom. The second-order valence-electron chi connectivity index (χ2n) is 12.6. The van der Waals surface area contributed by atoms with Gasteiger partial charge in [-0.15, -0.1) is 0 Å². The second kappa shape index (κ2) is 80.3. The van der Waals surface area contributed by atoms with Crippen LogP contribution in [-0.2, 0) is 38.1 Å². The molecular formula is C54H134O10. The average Bonchev–Trinajstić information content (AvgIpc) is 3.12. The number of benzene rings is 1. The Bertz CT molecular complexity index is 949. The minimum atomic E-state index is -0.421. The highest BCUT2D eigenvalue weighted by Gasteiger charge is 2.27. The molecule has 410 valence electrons. The van der Waals surface area contributed by atoms with Gasteiger partial charge in [-0.2, -0.15) is 0 Å². The highest BCUT2D eigenvalue weighted by molar-refractivity contribution is 5.76. The van der Waals surface area contributed by atoms with Gasteiger partial charge in [0.1, 0.15) is 13.2 Å². The first-order valence-corrected chi connectivity index (χ1v) is 17.1. The number of aliphatic hydroxyl groups is 2. The maximum atomic E-state index is 11.1. The van der Waals surface area contributed by atoms with Crippen LogP contribution in [0.15, 0.2) is 30.3 Å². The van der Waals surface area contributed by atoms with Gasteiger partial charge in [-0.05, 0) is 71.3 Å². The van der Waals surface area contributed by atoms with Crippen LogP contribution in [0.1, 0.15) is 245 Å². The Labute approximate surface area is 410 Å². The minimum Gasteiger partial charge on any atom is -0.469 e. The monoisotopic (exact) mass is 943 g/mol. The Morgan fingerprint density at radius 2 is 0.797 bits per heavy atom.